The van der Waals surface area contributed by atoms with Crippen molar-refractivity contribution in [1.82, 2.24) is 5.16 Å². The van der Waals surface area contributed by atoms with Crippen molar-refractivity contribution in [3.05, 3.63) is 11.3 Å². The molecule has 7 heteroatoms. The Morgan fingerprint density at radius 1 is 1.57 bits per heavy atom. The van der Waals surface area contributed by atoms with Gasteiger partial charge in [0.05, 0.1) is 6.61 Å². The maximum Gasteiger partial charge on any atom is 0.361 e. The Kier molecular flexibility index (Phi) is 2.70. The van der Waals surface area contributed by atoms with Crippen LogP contribution in [0.25, 0.3) is 0 Å². The van der Waals surface area contributed by atoms with Crippen LogP contribution in [0.3, 0.4) is 0 Å². The van der Waals surface area contributed by atoms with Gasteiger partial charge in [-0.1, -0.05) is 5.16 Å². The van der Waals surface area contributed by atoms with E-state index in [0.717, 1.165) is 0 Å². The van der Waals surface area contributed by atoms with Crippen LogP contribution >= 0.6 is 0 Å². The molecule has 0 aromatic carbocycles. The van der Waals surface area contributed by atoms with Gasteiger partial charge in [0.1, 0.15) is 5.56 Å². The van der Waals surface area contributed by atoms with Gasteiger partial charge >= 0.3 is 5.97 Å². The van der Waals surface area contributed by atoms with E-state index in [4.69, 9.17) is 11.5 Å². The van der Waals surface area contributed by atoms with Gasteiger partial charge in [0.25, 0.3) is 5.91 Å². The lowest BCUT2D eigenvalue weighted by Crippen LogP contribution is -2.17. The lowest BCUT2D eigenvalue weighted by molar-refractivity contribution is 0.0512. The monoisotopic (exact) mass is 199 g/mol. The number of primary amides is 1. The predicted molar refractivity (Wildman–Crippen MR) is 45.4 cm³/mol. The van der Waals surface area contributed by atoms with E-state index < -0.39 is 11.9 Å². The Bertz CT molecular complexity index is 371. The molecule has 0 aliphatic carbocycles. The summed E-state index contributed by atoms with van der Waals surface area (Å²) < 4.78 is 9.06. The highest BCUT2D eigenvalue weighted by Crippen LogP contribution is 2.16. The van der Waals surface area contributed by atoms with E-state index in [1.165, 1.54) is 0 Å². The first kappa shape index (κ1) is 10.0. The van der Waals surface area contributed by atoms with Gasteiger partial charge in [0.15, 0.2) is 0 Å². The number of rotatable bonds is 3. The summed E-state index contributed by atoms with van der Waals surface area (Å²) in [6.45, 7) is 1.77. The van der Waals surface area contributed by atoms with Gasteiger partial charge in [-0.25, -0.2) is 4.79 Å². The number of hydrogen-bond acceptors (Lipinski definition) is 6. The average Bonchev–Trinajstić information content (AvgIpc) is 2.47. The molecule has 0 spiro atoms. The first-order chi connectivity index (χ1) is 6.57. The van der Waals surface area contributed by atoms with Crippen molar-refractivity contribution in [2.75, 3.05) is 12.3 Å². The number of nitrogens with zero attached hydrogens (tertiary/aromatic N) is 1. The van der Waals surface area contributed by atoms with Crippen molar-refractivity contribution in [2.45, 2.75) is 6.92 Å². The first-order valence-corrected chi connectivity index (χ1v) is 3.80. The number of carbonyl (C=O) groups is 2. The van der Waals surface area contributed by atoms with Gasteiger partial charge in [-0.15, -0.1) is 0 Å². The molecule has 0 radical (unpaired) electrons. The quantitative estimate of drug-likeness (QED) is 0.634. The molecule has 14 heavy (non-hydrogen) atoms. The minimum Gasteiger partial charge on any atom is -0.461 e. The number of carbonyl (C=O) groups excluding carboxylic acids is 2. The molecule has 1 aromatic rings. The highest BCUT2D eigenvalue weighted by molar-refractivity contribution is 6.06. The molecule has 1 amide bonds. The second-order valence-electron chi connectivity index (χ2n) is 2.36. The summed E-state index contributed by atoms with van der Waals surface area (Å²) in [4.78, 5) is 22.0. The Labute approximate surface area is 79.0 Å². The van der Waals surface area contributed by atoms with Crippen molar-refractivity contribution in [1.29, 1.82) is 0 Å². The molecule has 7 nitrogen and oxygen atoms in total. The van der Waals surface area contributed by atoms with Crippen molar-refractivity contribution in [3.63, 3.8) is 0 Å². The molecule has 76 valence electrons. The maximum atomic E-state index is 11.2. The summed E-state index contributed by atoms with van der Waals surface area (Å²) in [5.74, 6) is -1.96. The van der Waals surface area contributed by atoms with Crippen molar-refractivity contribution in [3.8, 4) is 0 Å². The van der Waals surface area contributed by atoms with Crippen LogP contribution in [0.15, 0.2) is 4.52 Å². The summed E-state index contributed by atoms with van der Waals surface area (Å²) in [5, 5.41) is 3.28. The van der Waals surface area contributed by atoms with Crippen LogP contribution in [-0.4, -0.2) is 23.6 Å². The Balaban J connectivity index is 3.09. The van der Waals surface area contributed by atoms with Crippen LogP contribution < -0.4 is 11.5 Å². The Morgan fingerprint density at radius 2 is 2.21 bits per heavy atom. The molecule has 0 aliphatic rings. The van der Waals surface area contributed by atoms with Gasteiger partial charge < -0.3 is 20.7 Å². The fourth-order valence-electron chi connectivity index (χ4n) is 0.880. The van der Waals surface area contributed by atoms with Crippen LogP contribution in [0.1, 0.15) is 27.8 Å². The zero-order valence-electron chi connectivity index (χ0n) is 7.44. The number of amides is 1. The molecule has 0 bridgehead atoms. The third kappa shape index (κ3) is 1.65. The fraction of sp³-hybridized carbons (Fsp3) is 0.286. The second kappa shape index (κ2) is 3.77. The highest BCUT2D eigenvalue weighted by Gasteiger charge is 2.25. The predicted octanol–water partition coefficient (Wildman–Crippen LogP) is -0.468. The van der Waals surface area contributed by atoms with E-state index in [9.17, 15) is 9.59 Å². The van der Waals surface area contributed by atoms with Crippen LogP contribution in [0.4, 0.5) is 5.88 Å². The smallest absolute Gasteiger partial charge is 0.361 e. The summed E-state index contributed by atoms with van der Waals surface area (Å²) >= 11 is 0. The SMILES string of the molecule is CCOC(=O)c1noc(N)c1C(N)=O. The van der Waals surface area contributed by atoms with E-state index in [1.54, 1.807) is 6.92 Å². The van der Waals surface area contributed by atoms with Gasteiger partial charge in [0.2, 0.25) is 11.6 Å². The Morgan fingerprint density at radius 3 is 2.71 bits per heavy atom. The average molecular weight is 199 g/mol. The van der Waals surface area contributed by atoms with E-state index in [1.807, 2.05) is 0 Å². The van der Waals surface area contributed by atoms with Crippen LogP contribution in [0.5, 0.6) is 0 Å². The molecule has 1 rings (SSSR count). The number of aromatic nitrogens is 1. The molecule has 0 atom stereocenters. The van der Waals surface area contributed by atoms with Crippen LogP contribution in [-0.2, 0) is 4.74 Å². The van der Waals surface area contributed by atoms with E-state index in [2.05, 4.69) is 14.4 Å². The van der Waals surface area contributed by atoms with E-state index in [0.29, 0.717) is 0 Å². The topological polar surface area (TPSA) is 121 Å². The minimum absolute atomic E-state index is 0.157. The van der Waals surface area contributed by atoms with Gasteiger partial charge in [-0.05, 0) is 6.92 Å². The number of nitrogens with two attached hydrogens (primary N) is 2. The number of anilines is 1. The zero-order chi connectivity index (χ0) is 10.7. The third-order valence-corrected chi connectivity index (χ3v) is 1.43. The molecule has 4 N–H and O–H groups in total. The molecular weight excluding hydrogens is 190 g/mol. The van der Waals surface area contributed by atoms with Crippen LogP contribution in [0.2, 0.25) is 0 Å². The molecule has 1 aromatic heterocycles. The summed E-state index contributed by atoms with van der Waals surface area (Å²) in [6.07, 6.45) is 0. The van der Waals surface area contributed by atoms with Gasteiger partial charge in [0, 0.05) is 0 Å². The molecule has 1 heterocycles. The molecule has 0 fully saturated rings. The van der Waals surface area contributed by atoms with Crippen LogP contribution in [0, 0.1) is 0 Å². The number of nitrogen functional groups attached to an aromatic ring is 1. The fourth-order valence-corrected chi connectivity index (χ4v) is 0.880. The largest absolute Gasteiger partial charge is 0.461 e. The van der Waals surface area contributed by atoms with Gasteiger partial charge in [-0.3, -0.25) is 4.79 Å². The lowest BCUT2D eigenvalue weighted by atomic mass is 10.2. The van der Waals surface area contributed by atoms with Crippen molar-refractivity contribution in [2.24, 2.45) is 5.73 Å². The van der Waals surface area contributed by atoms with Gasteiger partial charge in [-0.2, -0.15) is 0 Å². The molecule has 0 aliphatic heterocycles. The highest BCUT2D eigenvalue weighted by atomic mass is 16.5. The summed E-state index contributed by atoms with van der Waals surface area (Å²) in [5.41, 5.74) is 9.66. The number of ether oxygens (including phenoxy) is 1. The minimum atomic E-state index is -0.883. The number of hydrogen-bond donors (Lipinski definition) is 2. The van der Waals surface area contributed by atoms with E-state index in [-0.39, 0.29) is 23.7 Å². The standard InChI is InChI=1S/C7H9N3O4/c1-2-13-7(12)4-3(5(8)11)6(9)14-10-4/h2,9H2,1H3,(H2,8,11). The molecule has 0 saturated heterocycles. The lowest BCUT2D eigenvalue weighted by Gasteiger charge is -1.97. The second-order valence-corrected chi connectivity index (χ2v) is 2.36. The molecule has 0 unspecified atom stereocenters. The van der Waals surface area contributed by atoms with Crippen molar-refractivity contribution >= 4 is 17.8 Å². The normalized spacial score (nSPS) is 9.79. The van der Waals surface area contributed by atoms with E-state index >= 15 is 0 Å². The third-order valence-electron chi connectivity index (χ3n) is 1.43. The Hall–Kier alpha value is -2.05. The summed E-state index contributed by atoms with van der Waals surface area (Å²) in [7, 11) is 0. The number of esters is 1. The first-order valence-electron chi connectivity index (χ1n) is 3.80. The molecular formula is C7H9N3O4. The zero-order valence-corrected chi connectivity index (χ0v) is 7.44. The molecule has 0 saturated carbocycles. The maximum absolute atomic E-state index is 11.2. The van der Waals surface area contributed by atoms with Crippen molar-refractivity contribution < 1.29 is 18.8 Å². The summed E-state index contributed by atoms with van der Waals surface area (Å²) in [6, 6.07) is 0.